The zero-order valence-electron chi connectivity index (χ0n) is 14.9. The molecule has 0 aromatic heterocycles. The van der Waals surface area contributed by atoms with Crippen LogP contribution in [0.5, 0.6) is 11.5 Å². The fourth-order valence-corrected chi connectivity index (χ4v) is 3.95. The normalized spacial score (nSPS) is 10.8. The molecule has 0 aliphatic rings. The molecular formula is C18H18CuO8S2. The molecule has 0 atom stereocenters. The maximum absolute atomic E-state index is 10.8. The van der Waals surface area contributed by atoms with E-state index in [9.17, 15) is 36.2 Å². The number of hydrogen-bond donors (Lipinski definition) is 2. The largest absolute Gasteiger partial charge is 2.00 e. The standard InChI is InChI=1S/2C9H10O4S.Cu/c2*1-2-4-7-5-3-6-8(10)9(7)14(11,12)13;/h2*2-3,5-6,10H,1,4H2,(H,11,12,13);/q;;+2/p-2. The minimum absolute atomic E-state index is 0. The third kappa shape index (κ3) is 7.65. The topological polar surface area (TPSA) is 155 Å². The van der Waals surface area contributed by atoms with Gasteiger partial charge in [0.25, 0.3) is 0 Å². The zero-order chi connectivity index (χ0) is 21.5. The van der Waals surface area contributed by atoms with Gasteiger partial charge in [-0.2, -0.15) is 0 Å². The van der Waals surface area contributed by atoms with Crippen molar-refractivity contribution in [2.75, 3.05) is 0 Å². The minimum Gasteiger partial charge on any atom is -0.744 e. The Bertz CT molecular complexity index is 990. The van der Waals surface area contributed by atoms with Gasteiger partial charge in [-0.3, -0.25) is 0 Å². The maximum Gasteiger partial charge on any atom is 2.00 e. The van der Waals surface area contributed by atoms with Crippen LogP contribution in [-0.2, 0) is 50.1 Å². The number of phenols is 2. The molecule has 29 heavy (non-hydrogen) atoms. The van der Waals surface area contributed by atoms with Gasteiger partial charge < -0.3 is 19.3 Å². The molecule has 2 N–H and O–H groups in total. The number of rotatable bonds is 6. The number of phenolic OH excluding ortho intramolecular Hbond substituents is 2. The van der Waals surface area contributed by atoms with Gasteiger partial charge in [0.15, 0.2) is 0 Å². The number of aromatic hydroxyl groups is 2. The molecular weight excluding hydrogens is 472 g/mol. The smallest absolute Gasteiger partial charge is 0.744 e. The van der Waals surface area contributed by atoms with E-state index in [1.165, 1.54) is 36.4 Å². The van der Waals surface area contributed by atoms with Crippen LogP contribution in [0.1, 0.15) is 11.1 Å². The summed E-state index contributed by atoms with van der Waals surface area (Å²) in [5.74, 6) is -1.03. The fourth-order valence-electron chi connectivity index (χ4n) is 2.35. The van der Waals surface area contributed by atoms with Crippen molar-refractivity contribution in [3.63, 3.8) is 0 Å². The van der Waals surface area contributed by atoms with Crippen molar-refractivity contribution in [3.05, 3.63) is 72.8 Å². The monoisotopic (exact) mass is 489 g/mol. The molecule has 161 valence electrons. The average molecular weight is 490 g/mol. The maximum atomic E-state index is 10.8. The van der Waals surface area contributed by atoms with E-state index in [0.717, 1.165) is 12.1 Å². The number of hydrogen-bond acceptors (Lipinski definition) is 8. The van der Waals surface area contributed by atoms with Gasteiger partial charge in [-0.1, -0.05) is 36.4 Å². The van der Waals surface area contributed by atoms with Crippen molar-refractivity contribution in [1.82, 2.24) is 0 Å². The van der Waals surface area contributed by atoms with E-state index < -0.39 is 41.5 Å². The van der Waals surface area contributed by atoms with Crippen LogP contribution >= 0.6 is 0 Å². The van der Waals surface area contributed by atoms with Gasteiger partial charge in [0, 0.05) is 0 Å². The molecule has 0 aliphatic carbocycles. The van der Waals surface area contributed by atoms with E-state index in [1.54, 1.807) is 0 Å². The summed E-state index contributed by atoms with van der Waals surface area (Å²) >= 11 is 0. The minimum atomic E-state index is -4.63. The van der Waals surface area contributed by atoms with Gasteiger partial charge in [-0.05, 0) is 36.1 Å². The molecule has 1 radical (unpaired) electrons. The van der Waals surface area contributed by atoms with E-state index in [-0.39, 0.29) is 41.0 Å². The molecule has 2 aromatic carbocycles. The van der Waals surface area contributed by atoms with Crippen LogP contribution in [-0.4, -0.2) is 36.2 Å². The van der Waals surface area contributed by atoms with Crippen molar-refractivity contribution < 1.29 is 53.2 Å². The Kier molecular flexibility index (Phi) is 10.3. The Balaban J connectivity index is 0.000000523. The summed E-state index contributed by atoms with van der Waals surface area (Å²) in [6, 6.07) is 8.21. The van der Waals surface area contributed by atoms with Crippen LogP contribution in [0.25, 0.3) is 0 Å². The van der Waals surface area contributed by atoms with Crippen LogP contribution in [0.3, 0.4) is 0 Å². The molecule has 0 fully saturated rings. The summed E-state index contributed by atoms with van der Waals surface area (Å²) in [6.45, 7) is 6.86. The molecule has 0 amide bonds. The second kappa shape index (κ2) is 11.1. The van der Waals surface area contributed by atoms with Gasteiger partial charge in [-0.15, -0.1) is 13.2 Å². The first-order chi connectivity index (χ1) is 12.9. The van der Waals surface area contributed by atoms with Gasteiger partial charge in [-0.25, -0.2) is 16.8 Å². The van der Waals surface area contributed by atoms with E-state index in [1.807, 2.05) is 0 Å². The van der Waals surface area contributed by atoms with Gasteiger partial charge in [0.1, 0.15) is 31.7 Å². The van der Waals surface area contributed by atoms with Crippen molar-refractivity contribution in [2.45, 2.75) is 22.6 Å². The van der Waals surface area contributed by atoms with Gasteiger partial charge >= 0.3 is 17.1 Å². The molecule has 0 heterocycles. The first-order valence-corrected chi connectivity index (χ1v) is 10.5. The Labute approximate surface area is 180 Å². The Hall–Kier alpha value is -2.14. The molecule has 0 saturated heterocycles. The molecule has 0 saturated carbocycles. The third-order valence-corrected chi connectivity index (χ3v) is 5.32. The van der Waals surface area contributed by atoms with Crippen LogP contribution in [0, 0.1) is 0 Å². The average Bonchev–Trinajstić information content (AvgIpc) is 2.53. The molecule has 0 bridgehead atoms. The Morgan fingerprint density at radius 3 is 1.31 bits per heavy atom. The van der Waals surface area contributed by atoms with E-state index in [4.69, 9.17) is 0 Å². The molecule has 2 aromatic rings. The Morgan fingerprint density at radius 2 is 1.07 bits per heavy atom. The summed E-state index contributed by atoms with van der Waals surface area (Å²) in [6.07, 6.45) is 3.38. The number of allylic oxidation sites excluding steroid dienone is 2. The van der Waals surface area contributed by atoms with Gasteiger partial charge in [0.2, 0.25) is 0 Å². The molecule has 2 rings (SSSR count). The van der Waals surface area contributed by atoms with E-state index >= 15 is 0 Å². The molecule has 0 unspecified atom stereocenters. The van der Waals surface area contributed by atoms with Crippen LogP contribution in [0.2, 0.25) is 0 Å². The molecule has 8 nitrogen and oxygen atoms in total. The van der Waals surface area contributed by atoms with Crippen LogP contribution < -0.4 is 0 Å². The summed E-state index contributed by atoms with van der Waals surface area (Å²) in [7, 11) is -9.27. The fraction of sp³-hybridized carbons (Fsp3) is 0.111. The molecule has 0 spiro atoms. The summed E-state index contributed by atoms with van der Waals surface area (Å²) in [4.78, 5) is -1.11. The number of benzene rings is 2. The SMILES string of the molecule is C=CCc1cccc(O)c1S(=O)(=O)[O-].C=CCc1cccc(O)c1S(=O)(=O)[O-].[Cu+2]. The summed E-state index contributed by atoms with van der Waals surface area (Å²) in [5, 5.41) is 18.5. The quantitative estimate of drug-likeness (QED) is 0.354. The summed E-state index contributed by atoms with van der Waals surface area (Å²) < 4.78 is 64.8. The second-order valence-electron chi connectivity index (χ2n) is 5.42. The van der Waals surface area contributed by atoms with Crippen molar-refractivity contribution in [2.24, 2.45) is 0 Å². The van der Waals surface area contributed by atoms with Gasteiger partial charge in [0.05, 0.1) is 9.79 Å². The van der Waals surface area contributed by atoms with E-state index in [2.05, 4.69) is 13.2 Å². The first kappa shape index (κ1) is 26.9. The first-order valence-electron chi connectivity index (χ1n) is 7.68. The molecule has 0 aliphatic heterocycles. The zero-order valence-corrected chi connectivity index (χ0v) is 17.5. The molecule has 11 heteroatoms. The van der Waals surface area contributed by atoms with E-state index in [0.29, 0.717) is 0 Å². The predicted octanol–water partition coefficient (Wildman–Crippen LogP) is 2.05. The van der Waals surface area contributed by atoms with Crippen molar-refractivity contribution in [1.29, 1.82) is 0 Å². The van der Waals surface area contributed by atoms with Crippen LogP contribution in [0.15, 0.2) is 71.5 Å². The predicted molar refractivity (Wildman–Crippen MR) is 99.9 cm³/mol. The van der Waals surface area contributed by atoms with Crippen molar-refractivity contribution >= 4 is 20.2 Å². The third-order valence-electron chi connectivity index (χ3n) is 3.38. The summed E-state index contributed by atoms with van der Waals surface area (Å²) in [5.41, 5.74) is 0.519. The van der Waals surface area contributed by atoms with Crippen LogP contribution in [0.4, 0.5) is 0 Å². The van der Waals surface area contributed by atoms with Crippen molar-refractivity contribution in [3.8, 4) is 11.5 Å². The Morgan fingerprint density at radius 1 is 0.759 bits per heavy atom. The second-order valence-corrected chi connectivity index (χ2v) is 8.06.